The van der Waals surface area contributed by atoms with Gasteiger partial charge in [-0.2, -0.15) is 0 Å². The van der Waals surface area contributed by atoms with Crippen LogP contribution in [0.4, 0.5) is 0 Å². The van der Waals surface area contributed by atoms with Crippen molar-refractivity contribution in [2.45, 2.75) is 46.0 Å². The topological polar surface area (TPSA) is 21.3 Å². The van der Waals surface area contributed by atoms with Gasteiger partial charge in [0.1, 0.15) is 5.75 Å². The Kier molecular flexibility index (Phi) is 4.87. The maximum absolute atomic E-state index is 5.67. The third-order valence-electron chi connectivity index (χ3n) is 4.56. The lowest BCUT2D eigenvalue weighted by Gasteiger charge is -2.38. The summed E-state index contributed by atoms with van der Waals surface area (Å²) in [5, 5.41) is 3.56. The molecule has 2 atom stereocenters. The monoisotopic (exact) mass is 261 g/mol. The maximum Gasteiger partial charge on any atom is 0.125 e. The Balaban J connectivity index is 2.11. The summed E-state index contributed by atoms with van der Waals surface area (Å²) in [7, 11) is 1.80. The van der Waals surface area contributed by atoms with Crippen molar-refractivity contribution in [2.24, 2.45) is 5.92 Å². The first-order chi connectivity index (χ1) is 9.19. The second-order valence-electron chi connectivity index (χ2n) is 5.78. The average Bonchev–Trinajstić information content (AvgIpc) is 2.38. The SMILES string of the molecule is CCCNCC1CCC1c1ccc(C)c(C)c1OC. The van der Waals surface area contributed by atoms with Crippen LogP contribution in [0, 0.1) is 19.8 Å². The maximum atomic E-state index is 5.67. The lowest BCUT2D eigenvalue weighted by molar-refractivity contribution is 0.240. The zero-order chi connectivity index (χ0) is 13.8. The summed E-state index contributed by atoms with van der Waals surface area (Å²) in [5.41, 5.74) is 4.04. The van der Waals surface area contributed by atoms with E-state index in [1.807, 2.05) is 0 Å². The molecule has 2 unspecified atom stereocenters. The number of hydrogen-bond acceptors (Lipinski definition) is 2. The minimum Gasteiger partial charge on any atom is -0.496 e. The first-order valence-corrected chi connectivity index (χ1v) is 7.53. The van der Waals surface area contributed by atoms with Gasteiger partial charge in [0.25, 0.3) is 0 Å². The number of ether oxygens (including phenoxy) is 1. The van der Waals surface area contributed by atoms with Gasteiger partial charge in [-0.15, -0.1) is 0 Å². The number of hydrogen-bond donors (Lipinski definition) is 1. The van der Waals surface area contributed by atoms with Gasteiger partial charge in [0.2, 0.25) is 0 Å². The summed E-state index contributed by atoms with van der Waals surface area (Å²) >= 11 is 0. The van der Waals surface area contributed by atoms with E-state index in [2.05, 4.69) is 38.2 Å². The van der Waals surface area contributed by atoms with E-state index in [9.17, 15) is 0 Å². The molecule has 0 bridgehead atoms. The minimum absolute atomic E-state index is 0.679. The minimum atomic E-state index is 0.679. The van der Waals surface area contributed by atoms with Gasteiger partial charge in [0.05, 0.1) is 7.11 Å². The summed E-state index contributed by atoms with van der Waals surface area (Å²) < 4.78 is 5.67. The van der Waals surface area contributed by atoms with Crippen molar-refractivity contribution in [1.82, 2.24) is 5.32 Å². The number of aryl methyl sites for hydroxylation is 1. The van der Waals surface area contributed by atoms with Crippen molar-refractivity contribution >= 4 is 0 Å². The van der Waals surface area contributed by atoms with Gasteiger partial charge in [-0.05, 0) is 74.7 Å². The van der Waals surface area contributed by atoms with Gasteiger partial charge in [-0.25, -0.2) is 0 Å². The first kappa shape index (κ1) is 14.4. The Morgan fingerprint density at radius 3 is 2.63 bits per heavy atom. The predicted octanol–water partition coefficient (Wildman–Crippen LogP) is 3.81. The summed E-state index contributed by atoms with van der Waals surface area (Å²) in [6, 6.07) is 4.51. The number of rotatable bonds is 6. The van der Waals surface area contributed by atoms with Crippen molar-refractivity contribution in [1.29, 1.82) is 0 Å². The molecule has 1 aromatic rings. The summed E-state index contributed by atoms with van der Waals surface area (Å²) in [6.45, 7) is 8.82. The molecule has 2 nitrogen and oxygen atoms in total. The fourth-order valence-corrected chi connectivity index (χ4v) is 3.06. The van der Waals surface area contributed by atoms with E-state index in [4.69, 9.17) is 4.74 Å². The van der Waals surface area contributed by atoms with Gasteiger partial charge < -0.3 is 10.1 Å². The number of methoxy groups -OCH3 is 1. The molecule has 1 saturated carbocycles. The van der Waals surface area contributed by atoms with E-state index in [-0.39, 0.29) is 0 Å². The van der Waals surface area contributed by atoms with Crippen LogP contribution in [0.5, 0.6) is 5.75 Å². The van der Waals surface area contributed by atoms with Gasteiger partial charge in [0, 0.05) is 0 Å². The molecule has 1 N–H and O–H groups in total. The van der Waals surface area contributed by atoms with E-state index in [0.29, 0.717) is 5.92 Å². The molecule has 0 aromatic heterocycles. The quantitative estimate of drug-likeness (QED) is 0.786. The molecule has 0 heterocycles. The number of nitrogens with one attached hydrogen (secondary N) is 1. The fourth-order valence-electron chi connectivity index (χ4n) is 3.06. The molecule has 0 aliphatic heterocycles. The molecular weight excluding hydrogens is 234 g/mol. The summed E-state index contributed by atoms with van der Waals surface area (Å²) in [6.07, 6.45) is 3.86. The molecule has 1 aliphatic carbocycles. The highest BCUT2D eigenvalue weighted by Gasteiger charge is 2.33. The van der Waals surface area contributed by atoms with Crippen LogP contribution in [0.25, 0.3) is 0 Å². The van der Waals surface area contributed by atoms with Crippen molar-refractivity contribution in [3.05, 3.63) is 28.8 Å². The Labute approximate surface area is 117 Å². The largest absolute Gasteiger partial charge is 0.496 e. The summed E-state index contributed by atoms with van der Waals surface area (Å²) in [4.78, 5) is 0. The van der Waals surface area contributed by atoms with Gasteiger partial charge >= 0.3 is 0 Å². The predicted molar refractivity (Wildman–Crippen MR) is 81.1 cm³/mol. The lowest BCUT2D eigenvalue weighted by Crippen LogP contribution is -2.34. The van der Waals surface area contributed by atoms with Crippen molar-refractivity contribution in [3.8, 4) is 5.75 Å². The van der Waals surface area contributed by atoms with Crippen LogP contribution in [0.3, 0.4) is 0 Å². The van der Waals surface area contributed by atoms with E-state index < -0.39 is 0 Å². The Bertz CT molecular complexity index is 428. The van der Waals surface area contributed by atoms with Crippen molar-refractivity contribution in [2.75, 3.05) is 20.2 Å². The molecule has 1 fully saturated rings. The highest BCUT2D eigenvalue weighted by atomic mass is 16.5. The molecule has 0 amide bonds. The molecule has 0 spiro atoms. The van der Waals surface area contributed by atoms with E-state index in [0.717, 1.165) is 24.8 Å². The van der Waals surface area contributed by atoms with Crippen molar-refractivity contribution < 1.29 is 4.74 Å². The normalized spacial score (nSPS) is 22.1. The molecule has 0 saturated heterocycles. The highest BCUT2D eigenvalue weighted by molar-refractivity contribution is 5.47. The van der Waals surface area contributed by atoms with Gasteiger partial charge in [-0.3, -0.25) is 0 Å². The molecule has 19 heavy (non-hydrogen) atoms. The molecule has 1 aromatic carbocycles. The second kappa shape index (κ2) is 6.42. The standard InChI is InChI=1S/C17H27NO/c1-5-10-18-11-14-7-9-15(14)16-8-6-12(2)13(3)17(16)19-4/h6,8,14-15,18H,5,7,9-11H2,1-4H3. The van der Waals surface area contributed by atoms with Crippen LogP contribution in [0.15, 0.2) is 12.1 Å². The zero-order valence-corrected chi connectivity index (χ0v) is 12.8. The van der Waals surface area contributed by atoms with Crippen LogP contribution in [-0.2, 0) is 0 Å². The molecular formula is C17H27NO. The van der Waals surface area contributed by atoms with Crippen molar-refractivity contribution in [3.63, 3.8) is 0 Å². The first-order valence-electron chi connectivity index (χ1n) is 7.53. The average molecular weight is 261 g/mol. The smallest absolute Gasteiger partial charge is 0.125 e. The second-order valence-corrected chi connectivity index (χ2v) is 5.78. The zero-order valence-electron chi connectivity index (χ0n) is 12.8. The van der Waals surface area contributed by atoms with E-state index in [1.165, 1.54) is 36.0 Å². The molecule has 2 heteroatoms. The van der Waals surface area contributed by atoms with Crippen LogP contribution < -0.4 is 10.1 Å². The lowest BCUT2D eigenvalue weighted by atomic mass is 9.69. The van der Waals surface area contributed by atoms with Crippen LogP contribution in [-0.4, -0.2) is 20.2 Å². The highest BCUT2D eigenvalue weighted by Crippen LogP contribution is 2.46. The van der Waals surface area contributed by atoms with E-state index in [1.54, 1.807) is 7.11 Å². The van der Waals surface area contributed by atoms with Gasteiger partial charge in [0.15, 0.2) is 0 Å². The Morgan fingerprint density at radius 1 is 1.26 bits per heavy atom. The Hall–Kier alpha value is -1.02. The molecule has 1 aliphatic rings. The molecule has 2 rings (SSSR count). The van der Waals surface area contributed by atoms with Crippen LogP contribution >= 0.6 is 0 Å². The third kappa shape index (κ3) is 2.94. The fraction of sp³-hybridized carbons (Fsp3) is 0.647. The van der Waals surface area contributed by atoms with Crippen LogP contribution in [0.1, 0.15) is 48.8 Å². The molecule has 0 radical (unpaired) electrons. The summed E-state index contributed by atoms with van der Waals surface area (Å²) in [5.74, 6) is 2.58. The number of benzene rings is 1. The third-order valence-corrected chi connectivity index (χ3v) is 4.56. The Morgan fingerprint density at radius 2 is 2.05 bits per heavy atom. The van der Waals surface area contributed by atoms with E-state index >= 15 is 0 Å². The van der Waals surface area contributed by atoms with Crippen LogP contribution in [0.2, 0.25) is 0 Å². The molecule has 106 valence electrons. The van der Waals surface area contributed by atoms with Gasteiger partial charge in [-0.1, -0.05) is 19.1 Å².